The third-order valence-electron chi connectivity index (χ3n) is 2.61. The molecule has 0 amide bonds. The van der Waals surface area contributed by atoms with Crippen LogP contribution in [-0.2, 0) is 4.79 Å². The van der Waals surface area contributed by atoms with Crippen molar-refractivity contribution >= 4 is 5.78 Å². The van der Waals surface area contributed by atoms with Gasteiger partial charge in [-0.1, -0.05) is 20.3 Å². The molecule has 0 saturated heterocycles. The van der Waals surface area contributed by atoms with Gasteiger partial charge in [-0.15, -0.1) is 0 Å². The maximum Gasteiger partial charge on any atom is 0.132 e. The summed E-state index contributed by atoms with van der Waals surface area (Å²) in [6.45, 7) is 6.55. The predicted molar refractivity (Wildman–Crippen MR) is 51.9 cm³/mol. The van der Waals surface area contributed by atoms with Crippen LogP contribution in [0.15, 0.2) is 0 Å². The molecule has 2 heteroatoms. The van der Waals surface area contributed by atoms with Crippen molar-refractivity contribution in [3.05, 3.63) is 0 Å². The zero-order chi connectivity index (χ0) is 9.56. The van der Waals surface area contributed by atoms with Gasteiger partial charge >= 0.3 is 0 Å². The van der Waals surface area contributed by atoms with E-state index in [0.29, 0.717) is 11.7 Å². The van der Waals surface area contributed by atoms with E-state index in [0.717, 1.165) is 25.8 Å². The van der Waals surface area contributed by atoms with Crippen molar-refractivity contribution in [2.75, 3.05) is 6.54 Å². The van der Waals surface area contributed by atoms with E-state index < -0.39 is 0 Å². The minimum Gasteiger partial charge on any atom is -0.330 e. The summed E-state index contributed by atoms with van der Waals surface area (Å²) in [6.07, 6.45) is 3.21. The average Bonchev–Trinajstić information content (AvgIpc) is 2.05. The fourth-order valence-corrected chi connectivity index (χ4v) is 1.18. The Morgan fingerprint density at radius 1 is 1.42 bits per heavy atom. The van der Waals surface area contributed by atoms with Crippen LogP contribution < -0.4 is 5.73 Å². The zero-order valence-electron chi connectivity index (χ0n) is 8.47. The van der Waals surface area contributed by atoms with Crippen LogP contribution in [0.3, 0.4) is 0 Å². The molecule has 0 aliphatic carbocycles. The van der Waals surface area contributed by atoms with Gasteiger partial charge in [0.25, 0.3) is 0 Å². The molecule has 0 heterocycles. The Balaban J connectivity index is 3.58. The Hall–Kier alpha value is -0.370. The molecule has 0 rings (SSSR count). The lowest BCUT2D eigenvalue weighted by molar-refractivity contribution is -0.120. The van der Waals surface area contributed by atoms with E-state index in [-0.39, 0.29) is 5.92 Å². The summed E-state index contributed by atoms with van der Waals surface area (Å²) in [5.74, 6) is 1.11. The molecule has 0 aromatic carbocycles. The Labute approximate surface area is 75.5 Å². The minimum absolute atomic E-state index is 0.214. The van der Waals surface area contributed by atoms with Gasteiger partial charge in [-0.05, 0) is 32.2 Å². The molecule has 1 unspecified atom stereocenters. The summed E-state index contributed by atoms with van der Waals surface area (Å²) < 4.78 is 0. The Morgan fingerprint density at radius 2 is 2.00 bits per heavy atom. The van der Waals surface area contributed by atoms with Crippen molar-refractivity contribution in [2.45, 2.75) is 40.0 Å². The van der Waals surface area contributed by atoms with E-state index in [1.54, 1.807) is 6.92 Å². The standard InChI is InChI=1S/C10H21NO/c1-4-10(7-11)6-5-8(2)9(3)12/h8,10H,4-7,11H2,1-3H3/t8-,10?/m0/s1. The number of carbonyl (C=O) groups is 1. The molecule has 0 fully saturated rings. The highest BCUT2D eigenvalue weighted by molar-refractivity contribution is 5.77. The summed E-state index contributed by atoms with van der Waals surface area (Å²) >= 11 is 0. The lowest BCUT2D eigenvalue weighted by Gasteiger charge is -2.13. The summed E-state index contributed by atoms with van der Waals surface area (Å²) in [7, 11) is 0. The van der Waals surface area contributed by atoms with E-state index in [2.05, 4.69) is 6.92 Å². The van der Waals surface area contributed by atoms with Crippen LogP contribution in [0, 0.1) is 11.8 Å². The topological polar surface area (TPSA) is 43.1 Å². The molecule has 2 nitrogen and oxygen atoms in total. The second-order valence-corrected chi connectivity index (χ2v) is 3.60. The molecular formula is C10H21NO. The van der Waals surface area contributed by atoms with Gasteiger partial charge in [0, 0.05) is 5.92 Å². The number of hydrogen-bond donors (Lipinski definition) is 1. The summed E-state index contributed by atoms with van der Waals surface area (Å²) in [4.78, 5) is 10.9. The molecule has 0 aromatic heterocycles. The summed E-state index contributed by atoms with van der Waals surface area (Å²) in [6, 6.07) is 0. The summed E-state index contributed by atoms with van der Waals surface area (Å²) in [5.41, 5.74) is 5.56. The van der Waals surface area contributed by atoms with E-state index in [9.17, 15) is 4.79 Å². The fourth-order valence-electron chi connectivity index (χ4n) is 1.18. The Morgan fingerprint density at radius 3 is 2.33 bits per heavy atom. The number of Topliss-reactive ketones (excluding diaryl/α,β-unsaturated/α-hetero) is 1. The molecule has 0 bridgehead atoms. The molecule has 2 N–H and O–H groups in total. The van der Waals surface area contributed by atoms with Gasteiger partial charge in [0.15, 0.2) is 0 Å². The predicted octanol–water partition coefficient (Wildman–Crippen LogP) is 1.98. The van der Waals surface area contributed by atoms with Crippen molar-refractivity contribution < 1.29 is 4.79 Å². The molecule has 0 aliphatic heterocycles. The third-order valence-corrected chi connectivity index (χ3v) is 2.61. The van der Waals surface area contributed by atoms with Gasteiger partial charge in [0.2, 0.25) is 0 Å². The zero-order valence-corrected chi connectivity index (χ0v) is 8.47. The maximum absolute atomic E-state index is 10.9. The number of hydrogen-bond acceptors (Lipinski definition) is 2. The average molecular weight is 171 g/mol. The molecule has 12 heavy (non-hydrogen) atoms. The SMILES string of the molecule is CCC(CN)CC[C@H](C)C(C)=O. The number of nitrogens with two attached hydrogens (primary N) is 1. The highest BCUT2D eigenvalue weighted by Gasteiger charge is 2.10. The van der Waals surface area contributed by atoms with E-state index >= 15 is 0 Å². The van der Waals surface area contributed by atoms with Gasteiger partial charge in [-0.2, -0.15) is 0 Å². The van der Waals surface area contributed by atoms with Gasteiger partial charge in [-0.3, -0.25) is 4.79 Å². The van der Waals surface area contributed by atoms with Gasteiger partial charge in [-0.25, -0.2) is 0 Å². The van der Waals surface area contributed by atoms with Crippen molar-refractivity contribution in [2.24, 2.45) is 17.6 Å². The first kappa shape index (κ1) is 11.6. The monoisotopic (exact) mass is 171 g/mol. The van der Waals surface area contributed by atoms with Crippen LogP contribution >= 0.6 is 0 Å². The molecule has 2 atom stereocenters. The molecule has 0 saturated carbocycles. The first-order valence-corrected chi connectivity index (χ1v) is 4.82. The molecule has 0 radical (unpaired) electrons. The number of ketones is 1. The first-order valence-electron chi connectivity index (χ1n) is 4.82. The lowest BCUT2D eigenvalue weighted by Crippen LogP contribution is -2.16. The van der Waals surface area contributed by atoms with Crippen molar-refractivity contribution in [1.82, 2.24) is 0 Å². The largest absolute Gasteiger partial charge is 0.330 e. The quantitative estimate of drug-likeness (QED) is 0.664. The van der Waals surface area contributed by atoms with Gasteiger partial charge in [0.05, 0.1) is 0 Å². The molecule has 0 spiro atoms. The van der Waals surface area contributed by atoms with Crippen LogP contribution in [-0.4, -0.2) is 12.3 Å². The molecule has 72 valence electrons. The molecular weight excluding hydrogens is 150 g/mol. The van der Waals surface area contributed by atoms with Gasteiger partial charge < -0.3 is 5.73 Å². The van der Waals surface area contributed by atoms with Crippen LogP contribution in [0.5, 0.6) is 0 Å². The smallest absolute Gasteiger partial charge is 0.132 e. The highest BCUT2D eigenvalue weighted by atomic mass is 16.1. The maximum atomic E-state index is 10.9. The Kier molecular flexibility index (Phi) is 5.99. The normalized spacial score (nSPS) is 15.7. The van der Waals surface area contributed by atoms with Crippen LogP contribution in [0.25, 0.3) is 0 Å². The van der Waals surface area contributed by atoms with Crippen molar-refractivity contribution in [3.8, 4) is 0 Å². The lowest BCUT2D eigenvalue weighted by atomic mass is 9.93. The van der Waals surface area contributed by atoms with Gasteiger partial charge in [0.1, 0.15) is 5.78 Å². The summed E-state index contributed by atoms with van der Waals surface area (Å²) in [5, 5.41) is 0. The molecule has 0 aliphatic rings. The minimum atomic E-state index is 0.214. The third kappa shape index (κ3) is 4.50. The van der Waals surface area contributed by atoms with E-state index in [1.165, 1.54) is 0 Å². The van der Waals surface area contributed by atoms with Crippen LogP contribution in [0.2, 0.25) is 0 Å². The van der Waals surface area contributed by atoms with E-state index in [1.807, 2.05) is 6.92 Å². The Bertz CT molecular complexity index is 130. The van der Waals surface area contributed by atoms with Crippen molar-refractivity contribution in [1.29, 1.82) is 0 Å². The second kappa shape index (κ2) is 6.18. The first-order chi connectivity index (χ1) is 5.61. The highest BCUT2D eigenvalue weighted by Crippen LogP contribution is 2.14. The molecule has 0 aromatic rings. The fraction of sp³-hybridized carbons (Fsp3) is 0.900. The van der Waals surface area contributed by atoms with Crippen LogP contribution in [0.4, 0.5) is 0 Å². The number of carbonyl (C=O) groups excluding carboxylic acids is 1. The number of rotatable bonds is 6. The second-order valence-electron chi connectivity index (χ2n) is 3.60. The van der Waals surface area contributed by atoms with E-state index in [4.69, 9.17) is 5.73 Å². The van der Waals surface area contributed by atoms with Crippen molar-refractivity contribution in [3.63, 3.8) is 0 Å². The van der Waals surface area contributed by atoms with Crippen LogP contribution in [0.1, 0.15) is 40.0 Å².